The fourth-order valence-electron chi connectivity index (χ4n) is 5.85. The molecule has 0 saturated heterocycles. The number of unbranched alkanes of at least 4 members (excludes halogenated alkanes) is 1. The minimum Gasteiger partial charge on any atom is -0.481 e. The summed E-state index contributed by atoms with van der Waals surface area (Å²) < 4.78 is 0. The molecule has 0 rings (SSSR count). The summed E-state index contributed by atoms with van der Waals surface area (Å²) in [5.74, 6) is -8.90. The number of amides is 7. The molecule has 63 heavy (non-hydrogen) atoms. The van der Waals surface area contributed by atoms with Crippen molar-refractivity contribution in [2.24, 2.45) is 41.1 Å². The van der Waals surface area contributed by atoms with Crippen molar-refractivity contribution in [3.63, 3.8) is 0 Å². The van der Waals surface area contributed by atoms with Gasteiger partial charge in [-0.1, -0.05) is 75.7 Å². The largest absolute Gasteiger partial charge is 0.481 e. The first-order valence-electron chi connectivity index (χ1n) is 21.7. The number of carbonyl (C=O) groups is 9. The Kier molecular flexibility index (Phi) is 28.9. The van der Waals surface area contributed by atoms with E-state index in [9.17, 15) is 48.6 Å². The number of hydrogen-bond donors (Lipinski definition) is 12. The van der Waals surface area contributed by atoms with Crippen LogP contribution in [0.3, 0.4) is 0 Å². The second-order valence-electron chi connectivity index (χ2n) is 17.5. The van der Waals surface area contributed by atoms with Gasteiger partial charge < -0.3 is 64.0 Å². The highest BCUT2D eigenvalue weighted by atomic mass is 16.4. The molecule has 0 radical (unpaired) electrons. The molecule has 10 atom stereocenters. The molecule has 14 N–H and O–H groups in total. The number of rotatable bonds is 27. The van der Waals surface area contributed by atoms with Crippen LogP contribution in [0.4, 0.5) is 0 Å². The lowest BCUT2D eigenvalue weighted by Gasteiger charge is -2.31. The molecule has 0 aromatic heterocycles. The van der Waals surface area contributed by atoms with Crippen LogP contribution in [0.25, 0.3) is 0 Å². The number of aliphatic hydroxyl groups excluding tert-OH is 1. The second-order valence-corrected chi connectivity index (χ2v) is 17.5. The maximum Gasteiger partial charge on any atom is 0.326 e. The predicted octanol–water partition coefficient (Wildman–Crippen LogP) is -0.527. The predicted molar refractivity (Wildman–Crippen MR) is 236 cm³/mol. The third-order valence-electron chi connectivity index (χ3n) is 10.0. The van der Waals surface area contributed by atoms with Crippen LogP contribution in [0.2, 0.25) is 0 Å². The van der Waals surface area contributed by atoms with Crippen molar-refractivity contribution in [2.75, 3.05) is 6.54 Å². The third-order valence-corrected chi connectivity index (χ3v) is 10.0. The highest BCUT2D eigenvalue weighted by Crippen LogP contribution is 2.13. The number of nitrogens with one attached hydrogen (secondary N) is 7. The maximum absolute atomic E-state index is 13.8. The molecule has 21 nitrogen and oxygen atoms in total. The normalized spacial score (nSPS) is 16.0. The molecule has 0 fully saturated rings. The Labute approximate surface area is 372 Å². The van der Waals surface area contributed by atoms with Gasteiger partial charge in [-0.25, -0.2) is 4.79 Å². The monoisotopic (exact) mass is 902 g/mol. The highest BCUT2D eigenvalue weighted by molar-refractivity contribution is 5.98. The Morgan fingerprint density at radius 2 is 0.937 bits per heavy atom. The number of carbonyl (C=O) groups excluding carboxylic acids is 7. The first-order valence-corrected chi connectivity index (χ1v) is 21.7. The van der Waals surface area contributed by atoms with E-state index < -0.39 is 125 Å². The number of carboxylic acid groups (broad SMARTS) is 2. The smallest absolute Gasteiger partial charge is 0.326 e. The average molecular weight is 902 g/mol. The molecule has 0 saturated carbocycles. The zero-order chi connectivity index (χ0) is 49.5. The van der Waals surface area contributed by atoms with Gasteiger partial charge in [-0.05, 0) is 75.7 Å². The molecule has 0 aliphatic heterocycles. The van der Waals surface area contributed by atoms with Crippen LogP contribution in [0.5, 0.6) is 0 Å². The number of hydrogen-bond acceptors (Lipinski definition) is 12. The summed E-state index contributed by atoms with van der Waals surface area (Å²) in [4.78, 5) is 115. The van der Waals surface area contributed by atoms with Crippen LogP contribution in [-0.2, 0) is 43.2 Å². The minimum absolute atomic E-state index is 0.117. The van der Waals surface area contributed by atoms with Crippen molar-refractivity contribution in [3.8, 4) is 0 Å². The highest BCUT2D eigenvalue weighted by Gasteiger charge is 2.37. The van der Waals surface area contributed by atoms with E-state index in [4.69, 9.17) is 21.4 Å². The summed E-state index contributed by atoms with van der Waals surface area (Å²) in [7, 11) is 0. The first kappa shape index (κ1) is 60.2. The van der Waals surface area contributed by atoms with E-state index in [1.54, 1.807) is 55.4 Å². The van der Waals surface area contributed by atoms with Crippen molar-refractivity contribution < 1.29 is 58.5 Å². The fraction of sp³-hybridized carbons (Fsp3) is 0.786. The SMILES string of the molecule is CC(=O)O.CC[C@H](C)[C@H](NC(=O)[C@H](C)NC(=O)[C@@H](N)C(C)C)C(=O)N[C@H](C(=O)N[C@H](C(=O)N[C@@H](CC(C)C)C(=O)N[C@H](C(=O)N[C@@H](CCCCN)C(=O)O)C(C)C)C(C)C)[C@@H](C)O. The van der Waals surface area contributed by atoms with Gasteiger partial charge in [-0.15, -0.1) is 0 Å². The molecule has 0 spiro atoms. The Morgan fingerprint density at radius 1 is 0.524 bits per heavy atom. The van der Waals surface area contributed by atoms with E-state index in [0.29, 0.717) is 25.8 Å². The molecule has 21 heteroatoms. The molecular formula is C42H79N9O12. The molecule has 0 aliphatic carbocycles. The van der Waals surface area contributed by atoms with E-state index in [1.165, 1.54) is 13.8 Å². The van der Waals surface area contributed by atoms with E-state index >= 15 is 0 Å². The lowest BCUT2D eigenvalue weighted by atomic mass is 9.96. The zero-order valence-electron chi connectivity index (χ0n) is 39.5. The number of carboxylic acids is 2. The molecule has 0 bridgehead atoms. The molecule has 0 heterocycles. The maximum atomic E-state index is 13.8. The van der Waals surface area contributed by atoms with Crippen LogP contribution >= 0.6 is 0 Å². The van der Waals surface area contributed by atoms with Gasteiger partial charge in [-0.2, -0.15) is 0 Å². The molecule has 0 aromatic rings. The summed E-state index contributed by atoms with van der Waals surface area (Å²) in [6, 6.07) is -9.43. The summed E-state index contributed by atoms with van der Waals surface area (Å²) in [6.45, 7) is 21.5. The number of nitrogens with two attached hydrogens (primary N) is 2. The van der Waals surface area contributed by atoms with E-state index in [2.05, 4.69) is 37.2 Å². The summed E-state index contributed by atoms with van der Waals surface area (Å²) in [5, 5.41) is 45.8. The molecule has 364 valence electrons. The Morgan fingerprint density at radius 3 is 1.33 bits per heavy atom. The first-order chi connectivity index (χ1) is 29.0. The lowest BCUT2D eigenvalue weighted by Crippen LogP contribution is -2.63. The standard InChI is InChI=1S/C40H75N9O10.C2H4O2/c1-13-23(10)31(48-33(51)24(11)43-35(53)28(42)20(4)5)38(56)49-32(25(12)50)39(57)47-30(22(8)9)37(55)45-27(18-19(2)3)34(52)46-29(21(6)7)36(54)44-26(40(58)59)16-14-15-17-41;1-2(3)4/h19-32,50H,13-18,41-42H2,1-12H3,(H,43,53)(H,44,54)(H,45,55)(H,46,52)(H,47,57)(H,48,51)(H,49,56)(H,58,59);1H3,(H,3,4)/t23-,24-,25+,26-,27-,28-,29-,30-,31-,32-;/m0./s1. The van der Waals surface area contributed by atoms with Crippen molar-refractivity contribution in [1.82, 2.24) is 37.2 Å². The summed E-state index contributed by atoms with van der Waals surface area (Å²) >= 11 is 0. The van der Waals surface area contributed by atoms with Crippen molar-refractivity contribution in [2.45, 2.75) is 177 Å². The topological polar surface area (TPSA) is 351 Å². The van der Waals surface area contributed by atoms with E-state index in [1.807, 2.05) is 13.8 Å². The van der Waals surface area contributed by atoms with Crippen molar-refractivity contribution >= 4 is 53.3 Å². The van der Waals surface area contributed by atoms with Crippen LogP contribution in [0, 0.1) is 29.6 Å². The second kappa shape index (κ2) is 30.2. The fourth-order valence-corrected chi connectivity index (χ4v) is 5.85. The molecule has 0 aliphatic rings. The van der Waals surface area contributed by atoms with Gasteiger partial charge in [0.05, 0.1) is 12.1 Å². The third kappa shape index (κ3) is 23.4. The molecule has 0 unspecified atom stereocenters. The van der Waals surface area contributed by atoms with Crippen LogP contribution in [0.1, 0.15) is 122 Å². The number of aliphatic hydroxyl groups is 1. The van der Waals surface area contributed by atoms with Gasteiger partial charge in [0.2, 0.25) is 41.4 Å². The molecule has 7 amide bonds. The Bertz CT molecular complexity index is 1500. The lowest BCUT2D eigenvalue weighted by molar-refractivity contribution is -0.143. The van der Waals surface area contributed by atoms with Crippen LogP contribution in [-0.4, -0.2) is 130 Å². The van der Waals surface area contributed by atoms with Gasteiger partial charge in [0, 0.05) is 6.92 Å². The molecular weight excluding hydrogens is 823 g/mol. The van der Waals surface area contributed by atoms with Gasteiger partial charge >= 0.3 is 5.97 Å². The average Bonchev–Trinajstić information content (AvgIpc) is 3.17. The summed E-state index contributed by atoms with van der Waals surface area (Å²) in [6.07, 6.45) is 0.308. The van der Waals surface area contributed by atoms with Gasteiger partial charge in [0.1, 0.15) is 42.3 Å². The van der Waals surface area contributed by atoms with Crippen LogP contribution in [0.15, 0.2) is 0 Å². The van der Waals surface area contributed by atoms with Crippen molar-refractivity contribution in [1.29, 1.82) is 0 Å². The quantitative estimate of drug-likeness (QED) is 0.0462. The Hall–Kier alpha value is -4.89. The molecule has 0 aromatic carbocycles. The van der Waals surface area contributed by atoms with Crippen LogP contribution < -0.4 is 48.7 Å². The van der Waals surface area contributed by atoms with Gasteiger partial charge in [-0.3, -0.25) is 38.4 Å². The van der Waals surface area contributed by atoms with Crippen molar-refractivity contribution in [3.05, 3.63) is 0 Å². The van der Waals surface area contributed by atoms with Gasteiger partial charge in [0.15, 0.2) is 0 Å². The van der Waals surface area contributed by atoms with Gasteiger partial charge in [0.25, 0.3) is 5.97 Å². The number of aliphatic carboxylic acids is 2. The zero-order valence-corrected chi connectivity index (χ0v) is 39.5. The minimum atomic E-state index is -1.58. The van der Waals surface area contributed by atoms with E-state index in [0.717, 1.165) is 6.92 Å². The summed E-state index contributed by atoms with van der Waals surface area (Å²) in [5.41, 5.74) is 11.4. The van der Waals surface area contributed by atoms with E-state index in [-0.39, 0.29) is 24.7 Å². The Balaban J connectivity index is 0.